The molecule has 2 aromatic heterocycles. The van der Waals surface area contributed by atoms with Crippen molar-refractivity contribution in [3.63, 3.8) is 0 Å². The zero-order valence-corrected chi connectivity index (χ0v) is 11.8. The average molecular weight is 273 g/mol. The summed E-state index contributed by atoms with van der Waals surface area (Å²) in [5.74, 6) is -0.248. The van der Waals surface area contributed by atoms with Gasteiger partial charge in [-0.1, -0.05) is 6.92 Å². The summed E-state index contributed by atoms with van der Waals surface area (Å²) in [4.78, 5) is 18.0. The maximum absolute atomic E-state index is 11.4. The molecule has 20 heavy (non-hydrogen) atoms. The number of carboxylic acid groups (broad SMARTS) is 1. The first kappa shape index (κ1) is 13.0. The number of hydrogen-bond donors (Lipinski definition) is 1. The van der Waals surface area contributed by atoms with Crippen molar-refractivity contribution in [2.75, 3.05) is 18.0 Å². The van der Waals surface area contributed by atoms with Crippen LogP contribution in [-0.2, 0) is 0 Å². The van der Waals surface area contributed by atoms with Crippen LogP contribution in [0.25, 0.3) is 5.65 Å². The lowest BCUT2D eigenvalue weighted by Gasteiger charge is -2.32. The summed E-state index contributed by atoms with van der Waals surface area (Å²) in [6, 6.07) is 3.93. The van der Waals surface area contributed by atoms with Gasteiger partial charge in [0.25, 0.3) is 0 Å². The Morgan fingerprint density at radius 2 is 2.25 bits per heavy atom. The molecule has 5 nitrogen and oxygen atoms in total. The van der Waals surface area contributed by atoms with E-state index < -0.39 is 5.97 Å². The van der Waals surface area contributed by atoms with Gasteiger partial charge in [-0.2, -0.15) is 0 Å². The molecule has 1 N–H and O–H groups in total. The van der Waals surface area contributed by atoms with Gasteiger partial charge in [-0.25, -0.2) is 9.78 Å². The standard InChI is InChI=1S/C15H19N3O2/c1-10-4-3-7-17(8-10)12-5-6-13-16-11(2)14(15(19)20)18(13)9-12/h5-6,9-10H,3-4,7-8H2,1-2H3,(H,19,20). The maximum atomic E-state index is 11.4. The molecule has 0 radical (unpaired) electrons. The van der Waals surface area contributed by atoms with Crippen molar-refractivity contribution in [2.24, 2.45) is 5.92 Å². The Morgan fingerprint density at radius 1 is 1.45 bits per heavy atom. The van der Waals surface area contributed by atoms with E-state index >= 15 is 0 Å². The molecular formula is C15H19N3O2. The summed E-state index contributed by atoms with van der Waals surface area (Å²) >= 11 is 0. The highest BCUT2D eigenvalue weighted by Crippen LogP contribution is 2.24. The smallest absolute Gasteiger partial charge is 0.354 e. The van der Waals surface area contributed by atoms with Crippen LogP contribution in [0.4, 0.5) is 5.69 Å². The van der Waals surface area contributed by atoms with Crippen molar-refractivity contribution in [2.45, 2.75) is 26.7 Å². The van der Waals surface area contributed by atoms with E-state index in [0.717, 1.165) is 18.8 Å². The fourth-order valence-corrected chi connectivity index (χ4v) is 3.02. The quantitative estimate of drug-likeness (QED) is 0.913. The van der Waals surface area contributed by atoms with E-state index in [1.165, 1.54) is 12.8 Å². The van der Waals surface area contributed by atoms with Crippen molar-refractivity contribution in [3.05, 3.63) is 29.7 Å². The van der Waals surface area contributed by atoms with Crippen molar-refractivity contribution < 1.29 is 9.90 Å². The predicted molar refractivity (Wildman–Crippen MR) is 77.5 cm³/mol. The number of carbonyl (C=O) groups is 1. The van der Waals surface area contributed by atoms with E-state index in [0.29, 0.717) is 17.3 Å². The number of hydrogen-bond acceptors (Lipinski definition) is 3. The lowest BCUT2D eigenvalue weighted by atomic mass is 10.00. The summed E-state index contributed by atoms with van der Waals surface area (Å²) in [6.07, 6.45) is 4.36. The van der Waals surface area contributed by atoms with Gasteiger partial charge in [0.2, 0.25) is 0 Å². The number of aromatic nitrogens is 2. The summed E-state index contributed by atoms with van der Waals surface area (Å²) in [7, 11) is 0. The summed E-state index contributed by atoms with van der Waals surface area (Å²) in [6.45, 7) is 6.06. The molecule has 3 heterocycles. The van der Waals surface area contributed by atoms with Gasteiger partial charge < -0.3 is 10.0 Å². The number of anilines is 1. The van der Waals surface area contributed by atoms with Crippen LogP contribution in [0.5, 0.6) is 0 Å². The Labute approximate surface area is 117 Å². The molecule has 1 aliphatic rings. The van der Waals surface area contributed by atoms with E-state index in [1.807, 2.05) is 18.3 Å². The molecule has 1 fully saturated rings. The Hall–Kier alpha value is -2.04. The van der Waals surface area contributed by atoms with Crippen LogP contribution in [-0.4, -0.2) is 33.6 Å². The molecule has 1 saturated heterocycles. The van der Waals surface area contributed by atoms with Crippen LogP contribution in [0.3, 0.4) is 0 Å². The van der Waals surface area contributed by atoms with Crippen molar-refractivity contribution in [3.8, 4) is 0 Å². The van der Waals surface area contributed by atoms with Gasteiger partial charge in [0.1, 0.15) is 5.65 Å². The molecule has 1 unspecified atom stereocenters. The third kappa shape index (κ3) is 2.13. The summed E-state index contributed by atoms with van der Waals surface area (Å²) in [5.41, 5.74) is 2.58. The van der Waals surface area contributed by atoms with Crippen LogP contribution in [0.2, 0.25) is 0 Å². The Kier molecular flexibility index (Phi) is 3.12. The first-order valence-electron chi connectivity index (χ1n) is 7.03. The molecule has 0 aliphatic carbocycles. The van der Waals surface area contributed by atoms with Crippen molar-refractivity contribution in [1.29, 1.82) is 0 Å². The van der Waals surface area contributed by atoms with Crippen LogP contribution in [0.1, 0.15) is 35.9 Å². The Balaban J connectivity index is 2.05. The number of piperidine rings is 1. The molecule has 2 aromatic rings. The van der Waals surface area contributed by atoms with Crippen LogP contribution in [0, 0.1) is 12.8 Å². The number of imidazole rings is 1. The third-order valence-electron chi connectivity index (χ3n) is 4.00. The van der Waals surface area contributed by atoms with E-state index in [-0.39, 0.29) is 5.69 Å². The number of nitrogens with zero attached hydrogens (tertiary/aromatic N) is 3. The molecule has 0 amide bonds. The second kappa shape index (κ2) is 4.81. The van der Waals surface area contributed by atoms with E-state index in [2.05, 4.69) is 16.8 Å². The van der Waals surface area contributed by atoms with E-state index in [1.54, 1.807) is 11.3 Å². The number of pyridine rings is 1. The number of carboxylic acids is 1. The highest BCUT2D eigenvalue weighted by Gasteiger charge is 2.19. The maximum Gasteiger partial charge on any atom is 0.354 e. The second-order valence-corrected chi connectivity index (χ2v) is 5.66. The average Bonchev–Trinajstić information content (AvgIpc) is 2.73. The molecule has 0 aromatic carbocycles. The van der Waals surface area contributed by atoms with Gasteiger partial charge >= 0.3 is 5.97 Å². The molecule has 0 spiro atoms. The van der Waals surface area contributed by atoms with Gasteiger partial charge in [0.15, 0.2) is 5.69 Å². The zero-order valence-electron chi connectivity index (χ0n) is 11.8. The zero-order chi connectivity index (χ0) is 14.3. The Morgan fingerprint density at radius 3 is 2.95 bits per heavy atom. The topological polar surface area (TPSA) is 57.8 Å². The van der Waals surface area contributed by atoms with Gasteiger partial charge in [0, 0.05) is 19.3 Å². The highest BCUT2D eigenvalue weighted by molar-refractivity contribution is 5.88. The SMILES string of the molecule is Cc1nc2ccc(N3CCCC(C)C3)cn2c1C(=O)O. The minimum atomic E-state index is -0.931. The van der Waals surface area contributed by atoms with Gasteiger partial charge in [-0.05, 0) is 37.8 Å². The van der Waals surface area contributed by atoms with Gasteiger partial charge in [0.05, 0.1) is 11.4 Å². The fraction of sp³-hybridized carbons (Fsp3) is 0.467. The molecule has 106 valence electrons. The number of aryl methyl sites for hydroxylation is 1. The van der Waals surface area contributed by atoms with Crippen molar-refractivity contribution in [1.82, 2.24) is 9.38 Å². The van der Waals surface area contributed by atoms with Gasteiger partial charge in [-0.15, -0.1) is 0 Å². The molecule has 1 atom stereocenters. The first-order chi connectivity index (χ1) is 9.56. The highest BCUT2D eigenvalue weighted by atomic mass is 16.4. The molecule has 0 bridgehead atoms. The van der Waals surface area contributed by atoms with E-state index in [4.69, 9.17) is 0 Å². The normalized spacial score (nSPS) is 19.5. The molecule has 3 rings (SSSR count). The van der Waals surface area contributed by atoms with Crippen molar-refractivity contribution >= 4 is 17.3 Å². The predicted octanol–water partition coefficient (Wildman–Crippen LogP) is 2.58. The van der Waals surface area contributed by atoms with Crippen LogP contribution < -0.4 is 4.90 Å². The molecule has 5 heteroatoms. The van der Waals surface area contributed by atoms with Crippen LogP contribution >= 0.6 is 0 Å². The minimum absolute atomic E-state index is 0.256. The number of fused-ring (bicyclic) bond motifs is 1. The fourth-order valence-electron chi connectivity index (χ4n) is 3.02. The molecular weight excluding hydrogens is 254 g/mol. The largest absolute Gasteiger partial charge is 0.477 e. The number of aromatic carboxylic acids is 1. The second-order valence-electron chi connectivity index (χ2n) is 5.66. The van der Waals surface area contributed by atoms with Crippen LogP contribution in [0.15, 0.2) is 18.3 Å². The third-order valence-corrected chi connectivity index (χ3v) is 4.00. The Bertz CT molecular complexity index is 662. The van der Waals surface area contributed by atoms with E-state index in [9.17, 15) is 9.90 Å². The molecule has 0 saturated carbocycles. The summed E-state index contributed by atoms with van der Waals surface area (Å²) in [5, 5.41) is 9.32. The summed E-state index contributed by atoms with van der Waals surface area (Å²) < 4.78 is 1.69. The number of rotatable bonds is 2. The monoisotopic (exact) mass is 273 g/mol. The lowest BCUT2D eigenvalue weighted by Crippen LogP contribution is -2.34. The lowest BCUT2D eigenvalue weighted by molar-refractivity contribution is 0.0688. The minimum Gasteiger partial charge on any atom is -0.477 e. The molecule has 1 aliphatic heterocycles. The van der Waals surface area contributed by atoms with Gasteiger partial charge in [-0.3, -0.25) is 4.40 Å². The first-order valence-corrected chi connectivity index (χ1v) is 7.03.